The molecule has 0 aliphatic rings. The van der Waals surface area contributed by atoms with Gasteiger partial charge in [0.1, 0.15) is 24.0 Å². The molecule has 2 rings (SSSR count). The highest BCUT2D eigenvalue weighted by Crippen LogP contribution is 2.18. The molecule has 0 saturated carbocycles. The maximum absolute atomic E-state index is 13.4. The third-order valence-corrected chi connectivity index (χ3v) is 2.80. The van der Waals surface area contributed by atoms with Crippen LogP contribution in [0.15, 0.2) is 36.4 Å². The Bertz CT molecular complexity index is 680. The van der Waals surface area contributed by atoms with E-state index in [1.165, 1.54) is 24.3 Å². The van der Waals surface area contributed by atoms with Crippen LogP contribution in [0, 0.1) is 23.0 Å². The second-order valence-corrected chi connectivity index (χ2v) is 4.57. The number of benzene rings is 2. The quantitative estimate of drug-likeness (QED) is 0.919. The number of halogens is 2. The first-order chi connectivity index (χ1) is 10.1. The number of nitriles is 1. The van der Waals surface area contributed by atoms with E-state index in [1.54, 1.807) is 13.1 Å². The lowest BCUT2D eigenvalue weighted by Gasteiger charge is -2.09. The smallest absolute Gasteiger partial charge is 0.127 e. The molecule has 0 amide bonds. The van der Waals surface area contributed by atoms with E-state index in [0.29, 0.717) is 17.9 Å². The molecule has 0 fully saturated rings. The fourth-order valence-corrected chi connectivity index (χ4v) is 1.98. The zero-order chi connectivity index (χ0) is 15.2. The number of ether oxygens (including phenoxy) is 1. The molecular formula is C16H14F2N2O. The van der Waals surface area contributed by atoms with Gasteiger partial charge in [-0.15, -0.1) is 0 Å². The molecule has 2 aromatic rings. The SMILES string of the molecule is CNCc1cc(F)cc(OCc2cc(F)cc(C#N)c2)c1. The van der Waals surface area contributed by atoms with Crippen molar-refractivity contribution in [3.8, 4) is 11.8 Å². The van der Waals surface area contributed by atoms with Crippen LogP contribution in [0.4, 0.5) is 8.78 Å². The molecule has 5 heteroatoms. The highest BCUT2D eigenvalue weighted by Gasteiger charge is 2.04. The number of hydrogen-bond donors (Lipinski definition) is 1. The van der Waals surface area contributed by atoms with Gasteiger partial charge in [0.2, 0.25) is 0 Å². The molecule has 0 spiro atoms. The van der Waals surface area contributed by atoms with Crippen molar-refractivity contribution in [1.82, 2.24) is 5.32 Å². The molecule has 2 aromatic carbocycles. The summed E-state index contributed by atoms with van der Waals surface area (Å²) in [5.41, 5.74) is 1.50. The highest BCUT2D eigenvalue weighted by molar-refractivity contribution is 5.34. The fraction of sp³-hybridized carbons (Fsp3) is 0.188. The largest absolute Gasteiger partial charge is 0.489 e. The van der Waals surface area contributed by atoms with Gasteiger partial charge in [-0.25, -0.2) is 8.78 Å². The molecule has 3 nitrogen and oxygen atoms in total. The van der Waals surface area contributed by atoms with Crippen molar-refractivity contribution in [2.24, 2.45) is 0 Å². The minimum Gasteiger partial charge on any atom is -0.489 e. The van der Waals surface area contributed by atoms with Crippen molar-refractivity contribution in [3.05, 3.63) is 64.7 Å². The van der Waals surface area contributed by atoms with Crippen LogP contribution in [0.25, 0.3) is 0 Å². The van der Waals surface area contributed by atoms with E-state index in [-0.39, 0.29) is 12.2 Å². The summed E-state index contributed by atoms with van der Waals surface area (Å²) in [5.74, 6) is -0.527. The molecule has 0 atom stereocenters. The molecule has 21 heavy (non-hydrogen) atoms. The topological polar surface area (TPSA) is 45.0 Å². The van der Waals surface area contributed by atoms with Crippen molar-refractivity contribution in [1.29, 1.82) is 5.26 Å². The molecule has 108 valence electrons. The van der Waals surface area contributed by atoms with E-state index < -0.39 is 11.6 Å². The van der Waals surface area contributed by atoms with Gasteiger partial charge in [-0.05, 0) is 48.5 Å². The number of rotatable bonds is 5. The van der Waals surface area contributed by atoms with Crippen molar-refractivity contribution < 1.29 is 13.5 Å². The predicted octanol–water partition coefficient (Wildman–Crippen LogP) is 3.13. The monoisotopic (exact) mass is 288 g/mol. The maximum atomic E-state index is 13.4. The first-order valence-electron chi connectivity index (χ1n) is 6.37. The van der Waals surface area contributed by atoms with Crippen LogP contribution >= 0.6 is 0 Å². The highest BCUT2D eigenvalue weighted by atomic mass is 19.1. The lowest BCUT2D eigenvalue weighted by Crippen LogP contribution is -2.06. The van der Waals surface area contributed by atoms with Gasteiger partial charge in [-0.1, -0.05) is 0 Å². The maximum Gasteiger partial charge on any atom is 0.127 e. The van der Waals surface area contributed by atoms with Gasteiger partial charge in [0.05, 0.1) is 11.6 Å². The van der Waals surface area contributed by atoms with E-state index in [9.17, 15) is 8.78 Å². The first kappa shape index (κ1) is 14.9. The van der Waals surface area contributed by atoms with Gasteiger partial charge in [-0.3, -0.25) is 0 Å². The Morgan fingerprint density at radius 1 is 1.05 bits per heavy atom. The number of hydrogen-bond acceptors (Lipinski definition) is 3. The zero-order valence-electron chi connectivity index (χ0n) is 11.5. The van der Waals surface area contributed by atoms with E-state index >= 15 is 0 Å². The molecule has 0 aliphatic carbocycles. The van der Waals surface area contributed by atoms with Gasteiger partial charge in [0, 0.05) is 12.6 Å². The second-order valence-electron chi connectivity index (χ2n) is 4.57. The van der Waals surface area contributed by atoms with Crippen LogP contribution < -0.4 is 10.1 Å². The van der Waals surface area contributed by atoms with Gasteiger partial charge >= 0.3 is 0 Å². The normalized spacial score (nSPS) is 10.2. The Hall–Kier alpha value is -2.45. The standard InChI is InChI=1S/C16H14F2N2O/c1-20-9-12-4-15(18)7-16(6-12)21-10-13-2-11(8-19)3-14(17)5-13/h2-7,20H,9-10H2,1H3. The predicted molar refractivity (Wildman–Crippen MR) is 74.6 cm³/mol. The summed E-state index contributed by atoms with van der Waals surface area (Å²) < 4.78 is 32.2. The van der Waals surface area contributed by atoms with Crippen LogP contribution in [0.3, 0.4) is 0 Å². The third kappa shape index (κ3) is 4.26. The number of nitrogens with one attached hydrogen (secondary N) is 1. The summed E-state index contributed by atoms with van der Waals surface area (Å²) in [7, 11) is 1.77. The van der Waals surface area contributed by atoms with Crippen LogP contribution in [0.1, 0.15) is 16.7 Å². The molecule has 0 aliphatic heterocycles. The Labute approximate surface area is 121 Å². The Morgan fingerprint density at radius 3 is 2.48 bits per heavy atom. The van der Waals surface area contributed by atoms with Gasteiger partial charge < -0.3 is 10.1 Å². The van der Waals surface area contributed by atoms with Crippen molar-refractivity contribution in [3.63, 3.8) is 0 Å². The summed E-state index contributed by atoms with van der Waals surface area (Å²) in [6, 6.07) is 10.2. The van der Waals surface area contributed by atoms with Gasteiger partial charge in [-0.2, -0.15) is 5.26 Å². The Morgan fingerprint density at radius 2 is 1.76 bits per heavy atom. The fourth-order valence-electron chi connectivity index (χ4n) is 1.98. The van der Waals surface area contributed by atoms with Crippen molar-refractivity contribution >= 4 is 0 Å². The van der Waals surface area contributed by atoms with Crippen molar-refractivity contribution in [2.75, 3.05) is 7.05 Å². The van der Waals surface area contributed by atoms with Crippen LogP contribution in [0.5, 0.6) is 5.75 Å². The minimum absolute atomic E-state index is 0.0644. The summed E-state index contributed by atoms with van der Waals surface area (Å²) in [4.78, 5) is 0. The van der Waals surface area contributed by atoms with E-state index in [2.05, 4.69) is 5.32 Å². The molecule has 1 N–H and O–H groups in total. The van der Waals surface area contributed by atoms with Crippen LogP contribution in [0.2, 0.25) is 0 Å². The lowest BCUT2D eigenvalue weighted by atomic mass is 10.1. The van der Waals surface area contributed by atoms with E-state index in [4.69, 9.17) is 10.00 Å². The summed E-state index contributed by atoms with van der Waals surface area (Å²) in [5, 5.41) is 11.7. The minimum atomic E-state index is -0.497. The van der Waals surface area contributed by atoms with Crippen LogP contribution in [-0.4, -0.2) is 7.05 Å². The van der Waals surface area contributed by atoms with E-state index in [0.717, 1.165) is 11.6 Å². The molecular weight excluding hydrogens is 274 g/mol. The zero-order valence-corrected chi connectivity index (χ0v) is 11.5. The summed E-state index contributed by atoms with van der Waals surface area (Å²) >= 11 is 0. The molecule has 0 saturated heterocycles. The molecule has 0 aromatic heterocycles. The summed E-state index contributed by atoms with van der Waals surface area (Å²) in [6.07, 6.45) is 0. The molecule has 0 heterocycles. The number of nitrogens with zero attached hydrogens (tertiary/aromatic N) is 1. The third-order valence-electron chi connectivity index (χ3n) is 2.80. The van der Waals surface area contributed by atoms with Gasteiger partial charge in [0.25, 0.3) is 0 Å². The second kappa shape index (κ2) is 6.82. The molecule has 0 radical (unpaired) electrons. The van der Waals surface area contributed by atoms with Crippen molar-refractivity contribution in [2.45, 2.75) is 13.2 Å². The summed E-state index contributed by atoms with van der Waals surface area (Å²) in [6.45, 7) is 0.585. The Balaban J connectivity index is 2.13. The average Bonchev–Trinajstić information content (AvgIpc) is 2.44. The van der Waals surface area contributed by atoms with E-state index in [1.807, 2.05) is 6.07 Å². The Kier molecular flexibility index (Phi) is 4.85. The molecule has 0 unspecified atom stereocenters. The lowest BCUT2D eigenvalue weighted by molar-refractivity contribution is 0.303. The molecule has 0 bridgehead atoms. The first-order valence-corrected chi connectivity index (χ1v) is 6.37. The van der Waals surface area contributed by atoms with Gasteiger partial charge in [0.15, 0.2) is 0 Å². The average molecular weight is 288 g/mol. The van der Waals surface area contributed by atoms with Crippen LogP contribution in [-0.2, 0) is 13.2 Å².